The molecule has 0 aromatic carbocycles. The molecule has 10 heavy (non-hydrogen) atoms. The third-order valence-corrected chi connectivity index (χ3v) is 2.79. The van der Waals surface area contributed by atoms with E-state index in [0.717, 1.165) is 12.3 Å². The first-order valence-corrected chi connectivity index (χ1v) is 4.31. The first-order valence-electron chi connectivity index (χ1n) is 4.31. The maximum absolute atomic E-state index is 9.53. The normalized spacial score (nSPS) is 41.1. The van der Waals surface area contributed by atoms with Gasteiger partial charge in [-0.3, -0.25) is 0 Å². The smallest absolute Gasteiger partial charge is 0.0573 e. The fourth-order valence-corrected chi connectivity index (χ4v) is 2.30. The van der Waals surface area contributed by atoms with E-state index < -0.39 is 0 Å². The van der Waals surface area contributed by atoms with E-state index in [2.05, 4.69) is 20.8 Å². The molecule has 60 valence electrons. The van der Waals surface area contributed by atoms with Crippen molar-refractivity contribution >= 4 is 0 Å². The molecule has 2 unspecified atom stereocenters. The van der Waals surface area contributed by atoms with Crippen molar-refractivity contribution < 1.29 is 5.11 Å². The Morgan fingerprint density at radius 2 is 1.90 bits per heavy atom. The van der Waals surface area contributed by atoms with Crippen LogP contribution in [0.3, 0.4) is 0 Å². The highest BCUT2D eigenvalue weighted by atomic mass is 16.3. The molecular formula is C9H18O. The molecular weight excluding hydrogens is 124 g/mol. The van der Waals surface area contributed by atoms with Gasteiger partial charge in [0.25, 0.3) is 0 Å². The largest absolute Gasteiger partial charge is 0.393 e. The Kier molecular flexibility index (Phi) is 2.35. The van der Waals surface area contributed by atoms with Crippen LogP contribution < -0.4 is 0 Å². The third kappa shape index (κ3) is 1.34. The van der Waals surface area contributed by atoms with E-state index in [1.54, 1.807) is 0 Å². The first kappa shape index (κ1) is 8.06. The highest BCUT2D eigenvalue weighted by Gasteiger charge is 2.33. The highest BCUT2D eigenvalue weighted by Crippen LogP contribution is 2.36. The van der Waals surface area contributed by atoms with Gasteiger partial charge in [-0.15, -0.1) is 0 Å². The second-order valence-electron chi connectivity index (χ2n) is 3.94. The zero-order valence-electron chi connectivity index (χ0n) is 7.17. The Morgan fingerprint density at radius 3 is 2.10 bits per heavy atom. The minimum Gasteiger partial charge on any atom is -0.393 e. The van der Waals surface area contributed by atoms with Gasteiger partial charge in [-0.05, 0) is 30.6 Å². The van der Waals surface area contributed by atoms with Gasteiger partial charge in [0.05, 0.1) is 6.10 Å². The van der Waals surface area contributed by atoms with Gasteiger partial charge in [-0.2, -0.15) is 0 Å². The Morgan fingerprint density at radius 1 is 1.30 bits per heavy atom. The summed E-state index contributed by atoms with van der Waals surface area (Å²) in [6.45, 7) is 6.66. The summed E-state index contributed by atoms with van der Waals surface area (Å²) < 4.78 is 0. The molecule has 0 radical (unpaired) electrons. The molecule has 0 bridgehead atoms. The fourth-order valence-electron chi connectivity index (χ4n) is 2.30. The molecule has 0 aliphatic heterocycles. The van der Waals surface area contributed by atoms with E-state index in [-0.39, 0.29) is 6.10 Å². The van der Waals surface area contributed by atoms with Crippen LogP contribution in [0.25, 0.3) is 0 Å². The molecule has 3 atom stereocenters. The Balaban J connectivity index is 2.54. The van der Waals surface area contributed by atoms with Gasteiger partial charge >= 0.3 is 0 Å². The molecule has 0 amide bonds. The van der Waals surface area contributed by atoms with Crippen molar-refractivity contribution in [2.75, 3.05) is 0 Å². The van der Waals surface area contributed by atoms with E-state index >= 15 is 0 Å². The lowest BCUT2D eigenvalue weighted by atomic mass is 9.86. The molecule has 1 rings (SSSR count). The van der Waals surface area contributed by atoms with Crippen molar-refractivity contribution in [3.8, 4) is 0 Å². The van der Waals surface area contributed by atoms with Crippen LogP contribution in [0.1, 0.15) is 33.6 Å². The molecule has 1 fully saturated rings. The van der Waals surface area contributed by atoms with Crippen LogP contribution in [0, 0.1) is 17.8 Å². The lowest BCUT2D eigenvalue weighted by molar-refractivity contribution is 0.0920. The van der Waals surface area contributed by atoms with Crippen molar-refractivity contribution in [1.29, 1.82) is 0 Å². The van der Waals surface area contributed by atoms with Crippen molar-refractivity contribution in [3.63, 3.8) is 0 Å². The predicted molar refractivity (Wildman–Crippen MR) is 42.7 cm³/mol. The van der Waals surface area contributed by atoms with Gasteiger partial charge in [0.2, 0.25) is 0 Å². The Bertz CT molecular complexity index is 99.3. The van der Waals surface area contributed by atoms with E-state index in [9.17, 15) is 5.11 Å². The molecule has 0 aromatic rings. The molecule has 1 nitrogen and oxygen atoms in total. The second-order valence-corrected chi connectivity index (χ2v) is 3.94. The summed E-state index contributed by atoms with van der Waals surface area (Å²) in [4.78, 5) is 0. The van der Waals surface area contributed by atoms with Gasteiger partial charge in [0, 0.05) is 0 Å². The minimum absolute atomic E-state index is 0.0185. The SMILES string of the molecule is CC(C)C1C(C)CC[C@H]1O. The van der Waals surface area contributed by atoms with Gasteiger partial charge in [0.15, 0.2) is 0 Å². The summed E-state index contributed by atoms with van der Waals surface area (Å²) in [6, 6.07) is 0. The molecule has 1 heteroatoms. The lowest BCUT2D eigenvalue weighted by Crippen LogP contribution is -2.22. The Hall–Kier alpha value is -0.0400. The molecule has 0 heterocycles. The molecule has 0 spiro atoms. The quantitative estimate of drug-likeness (QED) is 0.594. The molecule has 1 N–H and O–H groups in total. The maximum atomic E-state index is 9.53. The van der Waals surface area contributed by atoms with Crippen LogP contribution in [0.15, 0.2) is 0 Å². The predicted octanol–water partition coefficient (Wildman–Crippen LogP) is 2.05. The molecule has 0 aromatic heterocycles. The van der Waals surface area contributed by atoms with Crippen LogP contribution >= 0.6 is 0 Å². The Labute approximate surface area is 63.4 Å². The summed E-state index contributed by atoms with van der Waals surface area (Å²) in [5.41, 5.74) is 0. The monoisotopic (exact) mass is 142 g/mol. The van der Waals surface area contributed by atoms with Crippen LogP contribution in [0.4, 0.5) is 0 Å². The van der Waals surface area contributed by atoms with Gasteiger partial charge in [-0.1, -0.05) is 20.8 Å². The number of hydrogen-bond donors (Lipinski definition) is 1. The van der Waals surface area contributed by atoms with Crippen LogP contribution in [-0.2, 0) is 0 Å². The van der Waals surface area contributed by atoms with Crippen LogP contribution in [0.5, 0.6) is 0 Å². The summed E-state index contributed by atoms with van der Waals surface area (Å²) in [6.07, 6.45) is 2.21. The minimum atomic E-state index is -0.0185. The van der Waals surface area contributed by atoms with Gasteiger partial charge in [-0.25, -0.2) is 0 Å². The molecule has 0 saturated heterocycles. The summed E-state index contributed by atoms with van der Waals surface area (Å²) in [5, 5.41) is 9.53. The van der Waals surface area contributed by atoms with E-state index in [1.165, 1.54) is 6.42 Å². The highest BCUT2D eigenvalue weighted by molar-refractivity contribution is 4.83. The molecule has 1 aliphatic rings. The third-order valence-electron chi connectivity index (χ3n) is 2.79. The number of aliphatic hydroxyl groups is 1. The first-order chi connectivity index (χ1) is 4.63. The second kappa shape index (κ2) is 2.91. The van der Waals surface area contributed by atoms with Crippen LogP contribution in [0.2, 0.25) is 0 Å². The average molecular weight is 142 g/mol. The van der Waals surface area contributed by atoms with Crippen LogP contribution in [-0.4, -0.2) is 11.2 Å². The number of rotatable bonds is 1. The maximum Gasteiger partial charge on any atom is 0.0573 e. The van der Waals surface area contributed by atoms with Crippen molar-refractivity contribution in [1.82, 2.24) is 0 Å². The van der Waals surface area contributed by atoms with E-state index in [1.807, 2.05) is 0 Å². The molecule has 1 saturated carbocycles. The van der Waals surface area contributed by atoms with Gasteiger partial charge < -0.3 is 5.11 Å². The zero-order valence-corrected chi connectivity index (χ0v) is 7.17. The van der Waals surface area contributed by atoms with Crippen molar-refractivity contribution in [3.05, 3.63) is 0 Å². The topological polar surface area (TPSA) is 20.2 Å². The number of aliphatic hydroxyl groups excluding tert-OH is 1. The summed E-state index contributed by atoms with van der Waals surface area (Å²) >= 11 is 0. The lowest BCUT2D eigenvalue weighted by Gasteiger charge is -2.22. The van der Waals surface area contributed by atoms with E-state index in [4.69, 9.17) is 0 Å². The summed E-state index contributed by atoms with van der Waals surface area (Å²) in [5.74, 6) is 1.93. The number of hydrogen-bond acceptors (Lipinski definition) is 1. The molecule has 1 aliphatic carbocycles. The van der Waals surface area contributed by atoms with E-state index in [0.29, 0.717) is 11.8 Å². The van der Waals surface area contributed by atoms with Crippen molar-refractivity contribution in [2.24, 2.45) is 17.8 Å². The van der Waals surface area contributed by atoms with Gasteiger partial charge in [0.1, 0.15) is 0 Å². The fraction of sp³-hybridized carbons (Fsp3) is 1.00. The van der Waals surface area contributed by atoms with Crippen molar-refractivity contribution in [2.45, 2.75) is 39.7 Å². The standard InChI is InChI=1S/C9H18O/c1-6(2)9-7(3)4-5-8(9)10/h6-10H,4-5H2,1-3H3/t7?,8-,9?/m1/s1. The zero-order chi connectivity index (χ0) is 7.72. The average Bonchev–Trinajstić information content (AvgIpc) is 2.11. The summed E-state index contributed by atoms with van der Waals surface area (Å²) in [7, 11) is 0.